The molecular weight excluding hydrogens is 362 g/mol. The van der Waals surface area contributed by atoms with E-state index in [1.54, 1.807) is 0 Å². The van der Waals surface area contributed by atoms with E-state index >= 15 is 0 Å². The van der Waals surface area contributed by atoms with Gasteiger partial charge in [-0.3, -0.25) is 14.0 Å². The SMILES string of the molecule is O=C(NCCc1nnc2ccccn12)C1CCN(C(=O)c2cccs2)CC1. The molecule has 1 saturated heterocycles. The van der Waals surface area contributed by atoms with Crippen molar-refractivity contribution in [1.82, 2.24) is 24.8 Å². The molecule has 8 heteroatoms. The summed E-state index contributed by atoms with van der Waals surface area (Å²) >= 11 is 1.46. The maximum absolute atomic E-state index is 12.4. The summed E-state index contributed by atoms with van der Waals surface area (Å²) < 4.78 is 1.93. The highest BCUT2D eigenvalue weighted by Gasteiger charge is 2.28. The van der Waals surface area contributed by atoms with Gasteiger partial charge in [0, 0.05) is 38.2 Å². The second kappa shape index (κ2) is 7.87. The van der Waals surface area contributed by atoms with Gasteiger partial charge in [-0.15, -0.1) is 21.5 Å². The molecule has 3 aromatic rings. The fourth-order valence-electron chi connectivity index (χ4n) is 3.40. The Balaban J connectivity index is 1.24. The smallest absolute Gasteiger partial charge is 0.263 e. The Kier molecular flexibility index (Phi) is 5.15. The first kappa shape index (κ1) is 17.7. The third kappa shape index (κ3) is 3.85. The summed E-state index contributed by atoms with van der Waals surface area (Å²) in [5.74, 6) is 0.935. The molecule has 0 bridgehead atoms. The van der Waals surface area contributed by atoms with Crippen molar-refractivity contribution in [2.45, 2.75) is 19.3 Å². The first-order valence-electron chi connectivity index (χ1n) is 9.11. The number of carbonyl (C=O) groups is 2. The van der Waals surface area contributed by atoms with Crippen LogP contribution in [0.2, 0.25) is 0 Å². The average Bonchev–Trinajstić information content (AvgIpc) is 3.38. The maximum atomic E-state index is 12.4. The van der Waals surface area contributed by atoms with Crippen LogP contribution >= 0.6 is 11.3 Å². The summed E-state index contributed by atoms with van der Waals surface area (Å²) in [7, 11) is 0. The molecule has 140 valence electrons. The van der Waals surface area contributed by atoms with Gasteiger partial charge in [-0.25, -0.2) is 0 Å². The van der Waals surface area contributed by atoms with Gasteiger partial charge in [-0.2, -0.15) is 0 Å². The van der Waals surface area contributed by atoms with E-state index < -0.39 is 0 Å². The van der Waals surface area contributed by atoms with Crippen molar-refractivity contribution in [3.8, 4) is 0 Å². The number of aromatic nitrogens is 3. The van der Waals surface area contributed by atoms with Gasteiger partial charge in [0.05, 0.1) is 4.88 Å². The summed E-state index contributed by atoms with van der Waals surface area (Å²) in [5, 5.41) is 13.2. The number of piperidine rings is 1. The van der Waals surface area contributed by atoms with Gasteiger partial charge in [-0.1, -0.05) is 12.1 Å². The summed E-state index contributed by atoms with van der Waals surface area (Å²) in [6.07, 6.45) is 3.97. The lowest BCUT2D eigenvalue weighted by Crippen LogP contribution is -2.43. The second-order valence-electron chi connectivity index (χ2n) is 6.63. The van der Waals surface area contributed by atoms with Crippen LogP contribution in [-0.2, 0) is 11.2 Å². The van der Waals surface area contributed by atoms with E-state index in [0.717, 1.165) is 16.3 Å². The molecule has 1 aliphatic rings. The Hall–Kier alpha value is -2.74. The zero-order valence-electron chi connectivity index (χ0n) is 14.9. The highest BCUT2D eigenvalue weighted by Crippen LogP contribution is 2.21. The molecule has 2 amide bonds. The predicted molar refractivity (Wildman–Crippen MR) is 103 cm³/mol. The van der Waals surface area contributed by atoms with Gasteiger partial charge in [-0.05, 0) is 36.4 Å². The normalized spacial score (nSPS) is 15.2. The second-order valence-corrected chi connectivity index (χ2v) is 7.58. The van der Waals surface area contributed by atoms with Crippen LogP contribution in [-0.4, -0.2) is 50.9 Å². The van der Waals surface area contributed by atoms with E-state index in [1.165, 1.54) is 11.3 Å². The van der Waals surface area contributed by atoms with E-state index in [1.807, 2.05) is 51.2 Å². The number of nitrogens with zero attached hydrogens (tertiary/aromatic N) is 4. The van der Waals surface area contributed by atoms with E-state index in [0.29, 0.717) is 38.9 Å². The standard InChI is InChI=1S/C19H21N5O2S/c25-18(20-9-6-17-22-21-16-5-1-2-10-24(16)17)14-7-11-23(12-8-14)19(26)15-4-3-13-27-15/h1-5,10,13-14H,6-9,11-12H2,(H,20,25). The minimum absolute atomic E-state index is 0.0347. The van der Waals surface area contributed by atoms with E-state index in [2.05, 4.69) is 15.5 Å². The fourth-order valence-corrected chi connectivity index (χ4v) is 4.09. The predicted octanol–water partition coefficient (Wildman–Crippen LogP) is 2.00. The number of amides is 2. The third-order valence-corrected chi connectivity index (χ3v) is 5.77. The van der Waals surface area contributed by atoms with E-state index in [-0.39, 0.29) is 17.7 Å². The van der Waals surface area contributed by atoms with Crippen LogP contribution < -0.4 is 5.32 Å². The number of hydrogen-bond donors (Lipinski definition) is 1. The van der Waals surface area contributed by atoms with E-state index in [4.69, 9.17) is 0 Å². The number of thiophene rings is 1. The van der Waals surface area contributed by atoms with Crippen LogP contribution in [0.15, 0.2) is 41.9 Å². The lowest BCUT2D eigenvalue weighted by molar-refractivity contribution is -0.126. The molecule has 1 fully saturated rings. The van der Waals surface area contributed by atoms with Gasteiger partial charge < -0.3 is 10.2 Å². The number of hydrogen-bond acceptors (Lipinski definition) is 5. The third-order valence-electron chi connectivity index (χ3n) is 4.92. The van der Waals surface area contributed by atoms with Crippen LogP contribution in [0.3, 0.4) is 0 Å². The van der Waals surface area contributed by atoms with Crippen molar-refractivity contribution < 1.29 is 9.59 Å². The molecule has 0 spiro atoms. The van der Waals surface area contributed by atoms with Gasteiger partial charge >= 0.3 is 0 Å². The molecule has 0 unspecified atom stereocenters. The van der Waals surface area contributed by atoms with Crippen LogP contribution in [0.4, 0.5) is 0 Å². The number of nitrogens with one attached hydrogen (secondary N) is 1. The van der Waals surface area contributed by atoms with Crippen molar-refractivity contribution in [3.05, 3.63) is 52.6 Å². The van der Waals surface area contributed by atoms with Crippen molar-refractivity contribution in [1.29, 1.82) is 0 Å². The Bertz CT molecular complexity index is 929. The highest BCUT2D eigenvalue weighted by molar-refractivity contribution is 7.12. The molecule has 1 N–H and O–H groups in total. The lowest BCUT2D eigenvalue weighted by Gasteiger charge is -2.31. The molecule has 3 aromatic heterocycles. The topological polar surface area (TPSA) is 79.6 Å². The average molecular weight is 383 g/mol. The molecule has 4 heterocycles. The first-order valence-corrected chi connectivity index (χ1v) is 9.99. The summed E-state index contributed by atoms with van der Waals surface area (Å²) in [6.45, 7) is 1.79. The Morgan fingerprint density at radius 2 is 2.00 bits per heavy atom. The molecule has 0 radical (unpaired) electrons. The lowest BCUT2D eigenvalue weighted by atomic mass is 9.95. The fraction of sp³-hybridized carbons (Fsp3) is 0.368. The number of carbonyl (C=O) groups excluding carboxylic acids is 2. The Morgan fingerprint density at radius 3 is 2.78 bits per heavy atom. The van der Waals surface area contributed by atoms with Crippen LogP contribution in [0, 0.1) is 5.92 Å². The zero-order chi connectivity index (χ0) is 18.6. The molecule has 27 heavy (non-hydrogen) atoms. The van der Waals surface area contributed by atoms with Crippen molar-refractivity contribution in [3.63, 3.8) is 0 Å². The molecule has 4 rings (SSSR count). The van der Waals surface area contributed by atoms with Crippen molar-refractivity contribution in [2.24, 2.45) is 5.92 Å². The van der Waals surface area contributed by atoms with Crippen molar-refractivity contribution >= 4 is 28.8 Å². The summed E-state index contributed by atoms with van der Waals surface area (Å²) in [5.41, 5.74) is 0.807. The number of fused-ring (bicyclic) bond motifs is 1. The van der Waals surface area contributed by atoms with Gasteiger partial charge in [0.25, 0.3) is 5.91 Å². The Morgan fingerprint density at radius 1 is 1.15 bits per heavy atom. The number of rotatable bonds is 5. The molecule has 0 aromatic carbocycles. The quantitative estimate of drug-likeness (QED) is 0.731. The highest BCUT2D eigenvalue weighted by atomic mass is 32.1. The number of likely N-dealkylation sites (tertiary alicyclic amines) is 1. The number of pyridine rings is 1. The molecular formula is C19H21N5O2S. The van der Waals surface area contributed by atoms with Gasteiger partial charge in [0.15, 0.2) is 5.65 Å². The molecule has 1 aliphatic heterocycles. The molecule has 7 nitrogen and oxygen atoms in total. The van der Waals surface area contributed by atoms with Crippen molar-refractivity contribution in [2.75, 3.05) is 19.6 Å². The van der Waals surface area contributed by atoms with E-state index in [9.17, 15) is 9.59 Å². The maximum Gasteiger partial charge on any atom is 0.263 e. The molecule has 0 atom stereocenters. The largest absolute Gasteiger partial charge is 0.355 e. The van der Waals surface area contributed by atoms with Crippen LogP contribution in [0.1, 0.15) is 28.3 Å². The summed E-state index contributed by atoms with van der Waals surface area (Å²) in [4.78, 5) is 27.4. The zero-order valence-corrected chi connectivity index (χ0v) is 15.7. The minimum Gasteiger partial charge on any atom is -0.355 e. The Labute approximate surface area is 161 Å². The summed E-state index contributed by atoms with van der Waals surface area (Å²) in [6, 6.07) is 9.49. The minimum atomic E-state index is -0.0347. The molecule has 0 aliphatic carbocycles. The van der Waals surface area contributed by atoms with Crippen LogP contribution in [0.5, 0.6) is 0 Å². The van der Waals surface area contributed by atoms with Gasteiger partial charge in [0.2, 0.25) is 5.91 Å². The molecule has 0 saturated carbocycles. The van der Waals surface area contributed by atoms with Gasteiger partial charge in [0.1, 0.15) is 5.82 Å². The first-order chi connectivity index (χ1) is 13.2. The monoisotopic (exact) mass is 383 g/mol. The van der Waals surface area contributed by atoms with Crippen LogP contribution in [0.25, 0.3) is 5.65 Å².